The molecule has 0 atom stereocenters. The molecule has 0 fully saturated rings. The Bertz CT molecular complexity index is 337. The van der Waals surface area contributed by atoms with Crippen LogP contribution >= 0.6 is 0 Å². The van der Waals surface area contributed by atoms with Crippen LogP contribution in [-0.2, 0) is 10.1 Å². The van der Waals surface area contributed by atoms with Gasteiger partial charge in [0.15, 0.2) is 0 Å². The topological polar surface area (TPSA) is 83.2 Å². The third-order valence-corrected chi connectivity index (χ3v) is 5.14. The maximum Gasteiger partial charge on any atom is 1.00 e. The Kier molecular flexibility index (Phi) is 22.8. The van der Waals surface area contributed by atoms with Crippen molar-refractivity contribution in [3.05, 3.63) is 0 Å². The van der Waals surface area contributed by atoms with Gasteiger partial charge in [0.25, 0.3) is 0 Å². The van der Waals surface area contributed by atoms with Crippen molar-refractivity contribution in [2.24, 2.45) is 5.73 Å². The molecule has 0 amide bonds. The molecule has 0 aromatic heterocycles. The van der Waals surface area contributed by atoms with Gasteiger partial charge in [-0.05, 0) is 19.4 Å². The molecule has 6 heteroatoms. The molecule has 0 radical (unpaired) electrons. The van der Waals surface area contributed by atoms with Crippen molar-refractivity contribution in [3.63, 3.8) is 0 Å². The summed E-state index contributed by atoms with van der Waals surface area (Å²) in [5, 5.41) is 0. The summed E-state index contributed by atoms with van der Waals surface area (Å²) in [6.45, 7) is 0.835. The molecule has 0 heterocycles. The van der Waals surface area contributed by atoms with E-state index in [1.54, 1.807) is 0 Å². The van der Waals surface area contributed by atoms with Crippen LogP contribution in [-0.4, -0.2) is 25.3 Å². The van der Waals surface area contributed by atoms with Crippen LogP contribution in [0.25, 0.3) is 0 Å². The van der Waals surface area contributed by atoms with E-state index in [4.69, 9.17) is 5.73 Å². The Labute approximate surface area is 172 Å². The third kappa shape index (κ3) is 25.1. The minimum absolute atomic E-state index is 0. The maximum atomic E-state index is 10.4. The first-order valence-corrected chi connectivity index (χ1v) is 11.3. The van der Waals surface area contributed by atoms with Gasteiger partial charge in [0.05, 0.1) is 10.1 Å². The Morgan fingerprint density at radius 1 is 0.542 bits per heavy atom. The van der Waals surface area contributed by atoms with Gasteiger partial charge in [-0.1, -0.05) is 89.9 Å². The summed E-state index contributed by atoms with van der Waals surface area (Å²) >= 11 is 0. The normalized spacial score (nSPS) is 11.4. The van der Waals surface area contributed by atoms with Gasteiger partial charge in [-0.25, -0.2) is 8.42 Å². The largest absolute Gasteiger partial charge is 1.00 e. The van der Waals surface area contributed by atoms with Crippen molar-refractivity contribution < 1.29 is 42.5 Å². The Morgan fingerprint density at radius 2 is 0.792 bits per heavy atom. The van der Waals surface area contributed by atoms with E-state index in [1.807, 2.05) is 0 Å². The van der Waals surface area contributed by atoms with Crippen molar-refractivity contribution in [1.82, 2.24) is 0 Å². The first kappa shape index (κ1) is 27.1. The second kappa shape index (κ2) is 20.2. The van der Waals surface area contributed by atoms with E-state index in [2.05, 4.69) is 0 Å². The summed E-state index contributed by atoms with van der Waals surface area (Å²) in [4.78, 5) is 0. The summed E-state index contributed by atoms with van der Waals surface area (Å²) < 4.78 is 31.3. The van der Waals surface area contributed by atoms with E-state index in [9.17, 15) is 13.0 Å². The van der Waals surface area contributed by atoms with Crippen molar-refractivity contribution in [3.8, 4) is 0 Å². The van der Waals surface area contributed by atoms with Crippen molar-refractivity contribution in [2.45, 2.75) is 103 Å². The van der Waals surface area contributed by atoms with Gasteiger partial charge in [0, 0.05) is 5.75 Å². The van der Waals surface area contributed by atoms with E-state index in [1.165, 1.54) is 83.5 Å². The number of rotatable bonds is 18. The predicted molar refractivity (Wildman–Crippen MR) is 97.5 cm³/mol. The van der Waals surface area contributed by atoms with E-state index in [0.717, 1.165) is 19.4 Å². The van der Waals surface area contributed by atoms with Crippen molar-refractivity contribution >= 4 is 10.1 Å². The van der Waals surface area contributed by atoms with Gasteiger partial charge in [-0.3, -0.25) is 0 Å². The zero-order valence-corrected chi connectivity index (χ0v) is 18.8. The van der Waals surface area contributed by atoms with Gasteiger partial charge >= 0.3 is 29.6 Å². The molecule has 0 aliphatic heterocycles. The van der Waals surface area contributed by atoms with E-state index in [0.29, 0.717) is 6.42 Å². The maximum absolute atomic E-state index is 10.4. The molecule has 140 valence electrons. The minimum atomic E-state index is -4.00. The van der Waals surface area contributed by atoms with Crippen LogP contribution in [0.3, 0.4) is 0 Å². The molecule has 0 aromatic rings. The SMILES string of the molecule is NCCCCCCCCCCCCCCCCCCS(=O)(=O)[O-].[Na+]. The quantitative estimate of drug-likeness (QED) is 0.226. The predicted octanol–water partition coefficient (Wildman–Crippen LogP) is 1.74. The molecule has 0 spiro atoms. The molecule has 0 rings (SSSR count). The standard InChI is InChI=1S/C18H39NO3S.Na/c19-17-15-13-11-9-7-5-3-1-2-4-6-8-10-12-14-16-18-23(20,21)22;/h1-19H2,(H,20,21,22);/q;+1/p-1. The fourth-order valence-corrected chi connectivity index (χ4v) is 3.46. The molecule has 0 saturated heterocycles. The molecule has 24 heavy (non-hydrogen) atoms. The zero-order valence-electron chi connectivity index (χ0n) is 15.9. The summed E-state index contributed by atoms with van der Waals surface area (Å²) in [5.41, 5.74) is 5.47. The number of nitrogens with two attached hydrogens (primary N) is 1. The molecule has 0 aliphatic carbocycles. The van der Waals surface area contributed by atoms with Crippen LogP contribution in [0.2, 0.25) is 0 Å². The molecular formula is C18H38NNaO3S. The van der Waals surface area contributed by atoms with E-state index >= 15 is 0 Å². The third-order valence-electron chi connectivity index (χ3n) is 4.35. The molecule has 0 aliphatic rings. The molecule has 4 nitrogen and oxygen atoms in total. The van der Waals surface area contributed by atoms with Gasteiger partial charge in [-0.2, -0.15) is 0 Å². The molecule has 0 aromatic carbocycles. The molecule has 0 bridgehead atoms. The first-order chi connectivity index (χ1) is 11.1. The minimum Gasteiger partial charge on any atom is -0.748 e. The van der Waals surface area contributed by atoms with Crippen molar-refractivity contribution in [2.75, 3.05) is 12.3 Å². The van der Waals surface area contributed by atoms with Gasteiger partial charge in [0.2, 0.25) is 0 Å². The summed E-state index contributed by atoms with van der Waals surface area (Å²) in [6, 6.07) is 0. The zero-order chi connectivity index (χ0) is 17.2. The molecule has 2 N–H and O–H groups in total. The van der Waals surface area contributed by atoms with Crippen LogP contribution < -0.4 is 35.3 Å². The van der Waals surface area contributed by atoms with Gasteiger partial charge in [0.1, 0.15) is 0 Å². The number of hydrogen-bond acceptors (Lipinski definition) is 4. The second-order valence-corrected chi connectivity index (χ2v) is 8.23. The van der Waals surface area contributed by atoms with E-state index < -0.39 is 10.1 Å². The average Bonchev–Trinajstić information content (AvgIpc) is 2.49. The average molecular weight is 372 g/mol. The Morgan fingerprint density at radius 3 is 1.04 bits per heavy atom. The second-order valence-electron chi connectivity index (χ2n) is 6.71. The molecule has 0 unspecified atom stereocenters. The fraction of sp³-hybridized carbons (Fsp3) is 1.00. The van der Waals surface area contributed by atoms with Gasteiger partial charge < -0.3 is 10.3 Å². The van der Waals surface area contributed by atoms with Crippen LogP contribution in [0, 0.1) is 0 Å². The van der Waals surface area contributed by atoms with Crippen molar-refractivity contribution in [1.29, 1.82) is 0 Å². The first-order valence-electron chi connectivity index (χ1n) is 9.70. The molecular weight excluding hydrogens is 333 g/mol. The van der Waals surface area contributed by atoms with E-state index in [-0.39, 0.29) is 35.3 Å². The van der Waals surface area contributed by atoms with Crippen LogP contribution in [0.5, 0.6) is 0 Å². The Balaban J connectivity index is 0. The van der Waals surface area contributed by atoms with Crippen LogP contribution in [0.1, 0.15) is 103 Å². The smallest absolute Gasteiger partial charge is 0.748 e. The summed E-state index contributed by atoms with van der Waals surface area (Å²) in [6.07, 6.45) is 19.5. The number of unbranched alkanes of at least 4 members (excludes halogenated alkanes) is 15. The van der Waals surface area contributed by atoms with Crippen LogP contribution in [0.4, 0.5) is 0 Å². The monoisotopic (exact) mass is 371 g/mol. The van der Waals surface area contributed by atoms with Crippen LogP contribution in [0.15, 0.2) is 0 Å². The molecule has 0 saturated carbocycles. The summed E-state index contributed by atoms with van der Waals surface area (Å²) in [5.74, 6) is -0.194. The summed E-state index contributed by atoms with van der Waals surface area (Å²) in [7, 11) is -4.00. The Hall–Kier alpha value is 0.870. The fourth-order valence-electron chi connectivity index (χ4n) is 2.90. The van der Waals surface area contributed by atoms with Gasteiger partial charge in [-0.15, -0.1) is 0 Å². The number of hydrogen-bond donors (Lipinski definition) is 1.